The number of halogens is 6. The van der Waals surface area contributed by atoms with Crippen LogP contribution in [0.25, 0.3) is 0 Å². The minimum Gasteiger partial charge on any atom is -0.396 e. The predicted octanol–water partition coefficient (Wildman–Crippen LogP) is 3.85. The monoisotopic (exact) mass is 369 g/mol. The summed E-state index contributed by atoms with van der Waals surface area (Å²) < 4.78 is 77.5. The number of benzene rings is 1. The lowest BCUT2D eigenvalue weighted by Crippen LogP contribution is -2.31. The molecule has 1 N–H and O–H groups in total. The Hall–Kier alpha value is -1.77. The average molecular weight is 369 g/mol. The molecular formula is C16H17F6NO2. The van der Waals surface area contributed by atoms with Crippen molar-refractivity contribution < 1.29 is 36.2 Å². The van der Waals surface area contributed by atoms with Gasteiger partial charge >= 0.3 is 12.4 Å². The first-order valence-corrected chi connectivity index (χ1v) is 7.68. The fourth-order valence-electron chi connectivity index (χ4n) is 2.80. The van der Waals surface area contributed by atoms with E-state index in [9.17, 15) is 31.1 Å². The number of rotatable bonds is 3. The molecule has 0 spiro atoms. The lowest BCUT2D eigenvalue weighted by atomic mass is 10.0. The highest BCUT2D eigenvalue weighted by Gasteiger charge is 2.38. The van der Waals surface area contributed by atoms with Crippen LogP contribution in [0.4, 0.5) is 26.3 Å². The highest BCUT2D eigenvalue weighted by molar-refractivity contribution is 5.76. The topological polar surface area (TPSA) is 40.5 Å². The Morgan fingerprint density at radius 2 is 1.76 bits per heavy atom. The first kappa shape index (κ1) is 19.6. The summed E-state index contributed by atoms with van der Waals surface area (Å²) in [5.41, 5.74) is -3.15. The van der Waals surface area contributed by atoms with Gasteiger partial charge < -0.3 is 10.0 Å². The van der Waals surface area contributed by atoms with Crippen LogP contribution in [0, 0.1) is 5.92 Å². The molecule has 1 aliphatic heterocycles. The Morgan fingerprint density at radius 1 is 1.08 bits per heavy atom. The first-order valence-electron chi connectivity index (χ1n) is 7.68. The van der Waals surface area contributed by atoms with Gasteiger partial charge in [0.05, 0.1) is 11.1 Å². The quantitative estimate of drug-likeness (QED) is 0.823. The molecule has 2 rings (SSSR count). The van der Waals surface area contributed by atoms with Crippen molar-refractivity contribution in [3.63, 3.8) is 0 Å². The van der Waals surface area contributed by atoms with E-state index in [0.29, 0.717) is 18.9 Å². The number of hydrogen-bond donors (Lipinski definition) is 1. The minimum absolute atomic E-state index is 0.0775. The summed E-state index contributed by atoms with van der Waals surface area (Å²) in [5.74, 6) is -0.479. The molecule has 140 valence electrons. The average Bonchev–Trinajstić information content (AvgIpc) is 2.68. The summed E-state index contributed by atoms with van der Waals surface area (Å²) in [4.78, 5) is 13.3. The third-order valence-electron chi connectivity index (χ3n) is 4.29. The zero-order valence-corrected chi connectivity index (χ0v) is 13.1. The van der Waals surface area contributed by atoms with E-state index in [1.807, 2.05) is 0 Å². The van der Waals surface area contributed by atoms with Crippen LogP contribution in [0.15, 0.2) is 18.2 Å². The molecule has 1 amide bonds. The Balaban J connectivity index is 2.30. The van der Waals surface area contributed by atoms with Crippen LogP contribution in [0.3, 0.4) is 0 Å². The van der Waals surface area contributed by atoms with Crippen LogP contribution in [-0.2, 0) is 23.7 Å². The molecule has 0 aliphatic carbocycles. The van der Waals surface area contributed by atoms with Gasteiger partial charge in [-0.3, -0.25) is 4.79 Å². The van der Waals surface area contributed by atoms with E-state index in [-0.39, 0.29) is 43.0 Å². The largest absolute Gasteiger partial charge is 0.416 e. The number of amides is 1. The predicted molar refractivity (Wildman–Crippen MR) is 76.3 cm³/mol. The Bertz CT molecular complexity index is 626. The van der Waals surface area contributed by atoms with E-state index in [1.54, 1.807) is 0 Å². The van der Waals surface area contributed by atoms with E-state index in [2.05, 4.69) is 0 Å². The fourth-order valence-corrected chi connectivity index (χ4v) is 2.80. The standard InChI is InChI=1S/C16H17F6NO2/c17-15(18,19)12-3-2-11(13(7-12)16(20,21)22)8-23-6-5-10(9-24)1-4-14(23)25/h2-3,7,10,24H,1,4-6,8-9H2. The summed E-state index contributed by atoms with van der Waals surface area (Å²) in [5, 5.41) is 9.15. The molecule has 0 bridgehead atoms. The normalized spacial score (nSPS) is 19.9. The molecule has 1 saturated heterocycles. The molecule has 1 heterocycles. The van der Waals surface area contributed by atoms with Gasteiger partial charge in [0.25, 0.3) is 0 Å². The molecule has 0 radical (unpaired) electrons. The van der Waals surface area contributed by atoms with Crippen molar-refractivity contribution in [3.8, 4) is 0 Å². The van der Waals surface area contributed by atoms with Crippen molar-refractivity contribution in [1.29, 1.82) is 0 Å². The Morgan fingerprint density at radius 3 is 2.32 bits per heavy atom. The maximum atomic E-state index is 13.2. The maximum absolute atomic E-state index is 13.2. The van der Waals surface area contributed by atoms with Crippen LogP contribution in [0.5, 0.6) is 0 Å². The summed E-state index contributed by atoms with van der Waals surface area (Å²) in [6.45, 7) is -0.373. The Kier molecular flexibility index (Phi) is 5.65. The number of likely N-dealkylation sites (tertiary alicyclic amines) is 1. The van der Waals surface area contributed by atoms with Crippen molar-refractivity contribution in [2.75, 3.05) is 13.2 Å². The van der Waals surface area contributed by atoms with E-state index in [0.717, 1.165) is 6.07 Å². The number of aliphatic hydroxyl groups excluding tert-OH is 1. The smallest absolute Gasteiger partial charge is 0.396 e. The van der Waals surface area contributed by atoms with Gasteiger partial charge in [0.2, 0.25) is 5.91 Å². The van der Waals surface area contributed by atoms with Crippen molar-refractivity contribution in [2.45, 2.75) is 38.2 Å². The van der Waals surface area contributed by atoms with E-state index < -0.39 is 30.0 Å². The molecule has 1 aromatic carbocycles. The number of hydrogen-bond acceptors (Lipinski definition) is 2. The van der Waals surface area contributed by atoms with Crippen LogP contribution in [-0.4, -0.2) is 29.1 Å². The zero-order chi connectivity index (χ0) is 18.8. The second-order valence-corrected chi connectivity index (χ2v) is 6.06. The lowest BCUT2D eigenvalue weighted by Gasteiger charge is -2.23. The zero-order valence-electron chi connectivity index (χ0n) is 13.1. The molecule has 1 atom stereocenters. The minimum atomic E-state index is -4.96. The first-order chi connectivity index (χ1) is 11.5. The van der Waals surface area contributed by atoms with Gasteiger partial charge in [-0.25, -0.2) is 0 Å². The number of aliphatic hydroxyl groups is 1. The molecule has 0 saturated carbocycles. The third kappa shape index (κ3) is 4.87. The van der Waals surface area contributed by atoms with Crippen LogP contribution in [0.2, 0.25) is 0 Å². The van der Waals surface area contributed by atoms with E-state index in [4.69, 9.17) is 5.11 Å². The lowest BCUT2D eigenvalue weighted by molar-refractivity contribution is -0.144. The highest BCUT2D eigenvalue weighted by atomic mass is 19.4. The maximum Gasteiger partial charge on any atom is 0.416 e. The second-order valence-electron chi connectivity index (χ2n) is 6.06. The van der Waals surface area contributed by atoms with Crippen molar-refractivity contribution in [1.82, 2.24) is 4.90 Å². The van der Waals surface area contributed by atoms with Crippen molar-refractivity contribution in [3.05, 3.63) is 34.9 Å². The molecular weight excluding hydrogens is 352 g/mol. The number of carbonyl (C=O) groups is 1. The molecule has 1 unspecified atom stereocenters. The molecule has 1 fully saturated rings. The molecule has 25 heavy (non-hydrogen) atoms. The summed E-state index contributed by atoms with van der Waals surface area (Å²) in [6, 6.07) is 1.44. The second kappa shape index (κ2) is 7.23. The number of carbonyl (C=O) groups excluding carboxylic acids is 1. The highest BCUT2D eigenvalue weighted by Crippen LogP contribution is 2.38. The van der Waals surface area contributed by atoms with Crippen LogP contribution < -0.4 is 0 Å². The third-order valence-corrected chi connectivity index (χ3v) is 4.29. The van der Waals surface area contributed by atoms with Gasteiger partial charge in [-0.15, -0.1) is 0 Å². The number of nitrogens with zero attached hydrogens (tertiary/aromatic N) is 1. The van der Waals surface area contributed by atoms with Gasteiger partial charge in [-0.05, 0) is 36.5 Å². The molecule has 1 aromatic rings. The summed E-state index contributed by atoms with van der Waals surface area (Å²) in [6.07, 6.45) is -8.88. The van der Waals surface area contributed by atoms with Gasteiger partial charge in [0.1, 0.15) is 0 Å². The van der Waals surface area contributed by atoms with Crippen molar-refractivity contribution >= 4 is 5.91 Å². The Labute approximate surface area is 140 Å². The summed E-state index contributed by atoms with van der Waals surface area (Å²) in [7, 11) is 0. The molecule has 3 nitrogen and oxygen atoms in total. The van der Waals surface area contributed by atoms with Crippen LogP contribution >= 0.6 is 0 Å². The molecule has 0 aromatic heterocycles. The van der Waals surface area contributed by atoms with E-state index >= 15 is 0 Å². The number of alkyl halides is 6. The van der Waals surface area contributed by atoms with E-state index in [1.165, 1.54) is 4.90 Å². The summed E-state index contributed by atoms with van der Waals surface area (Å²) >= 11 is 0. The van der Waals surface area contributed by atoms with Gasteiger partial charge in [0.15, 0.2) is 0 Å². The fraction of sp³-hybridized carbons (Fsp3) is 0.562. The van der Waals surface area contributed by atoms with Crippen LogP contribution in [0.1, 0.15) is 36.0 Å². The molecule has 1 aliphatic rings. The molecule has 9 heteroatoms. The van der Waals surface area contributed by atoms with Crippen molar-refractivity contribution in [2.24, 2.45) is 5.92 Å². The van der Waals surface area contributed by atoms with Gasteiger partial charge in [0, 0.05) is 26.1 Å². The SMILES string of the molecule is O=C1CCC(CO)CCN1Cc1ccc(C(F)(F)F)cc1C(F)(F)F. The van der Waals surface area contributed by atoms with Gasteiger partial charge in [-0.2, -0.15) is 26.3 Å². The van der Waals surface area contributed by atoms with Gasteiger partial charge in [-0.1, -0.05) is 6.07 Å².